The average Bonchev–Trinajstić information content (AvgIpc) is 3.03. The number of halogens is 2. The number of carbonyl (C=O) groups is 1. The number of benzene rings is 3. The summed E-state index contributed by atoms with van der Waals surface area (Å²) in [6.45, 7) is 2.93. The minimum Gasteiger partial charge on any atom is -0.506 e. The fourth-order valence-electron chi connectivity index (χ4n) is 5.98. The van der Waals surface area contributed by atoms with Crippen LogP contribution < -0.4 is 10.7 Å². The van der Waals surface area contributed by atoms with Crippen LogP contribution in [0.2, 0.25) is 10.0 Å². The smallest absolute Gasteiger partial charge is 0.251 e. The van der Waals surface area contributed by atoms with Crippen LogP contribution in [0.25, 0.3) is 33.4 Å². The Morgan fingerprint density at radius 3 is 1.87 bits per heavy atom. The Hall–Kier alpha value is -3.02. The maximum Gasteiger partial charge on any atom is 0.251 e. The first-order valence-electron chi connectivity index (χ1n) is 16.9. The van der Waals surface area contributed by atoms with Crippen molar-refractivity contribution >= 4 is 40.1 Å². The predicted molar refractivity (Wildman–Crippen MR) is 188 cm³/mol. The summed E-state index contributed by atoms with van der Waals surface area (Å²) >= 11 is 12.4. The molecule has 0 saturated carbocycles. The van der Waals surface area contributed by atoms with Crippen LogP contribution in [0.1, 0.15) is 120 Å². The SMILES string of the molecule is CCCCCCCCCCCCCCCCCCNC(=O)c1ccc(-c2c3cc(Cl)c(=O)cc-3oc3cc(O)c(Cl)cc23)cc1. The number of amides is 1. The molecule has 0 unspecified atom stereocenters. The number of hydrogen-bond donors (Lipinski definition) is 2. The standard InChI is InChI=1S/C38H47Cl2NO4/c1-2-3-4-5-6-7-8-9-10-11-12-13-14-15-16-17-22-41-38(44)28-20-18-27(19-21-28)37-29-23-31(39)33(42)25-35(29)45-36-26-34(43)32(40)24-30(36)37/h18-21,23-26,42H,2-17,22H2,1H3,(H,41,44). The summed E-state index contributed by atoms with van der Waals surface area (Å²) in [6.07, 6.45) is 21.2. The van der Waals surface area contributed by atoms with Gasteiger partial charge >= 0.3 is 0 Å². The molecule has 0 spiro atoms. The largest absolute Gasteiger partial charge is 0.506 e. The van der Waals surface area contributed by atoms with E-state index in [2.05, 4.69) is 12.2 Å². The van der Waals surface area contributed by atoms with E-state index in [-0.39, 0.29) is 27.1 Å². The molecule has 0 radical (unpaired) electrons. The highest BCUT2D eigenvalue weighted by Gasteiger charge is 2.20. The zero-order chi connectivity index (χ0) is 32.0. The highest BCUT2D eigenvalue weighted by molar-refractivity contribution is 6.33. The topological polar surface area (TPSA) is 79.5 Å². The Morgan fingerprint density at radius 1 is 0.733 bits per heavy atom. The van der Waals surface area contributed by atoms with Crippen molar-refractivity contribution in [3.63, 3.8) is 0 Å². The zero-order valence-corrected chi connectivity index (χ0v) is 28.1. The first-order valence-corrected chi connectivity index (χ1v) is 17.6. The van der Waals surface area contributed by atoms with Gasteiger partial charge in [-0.15, -0.1) is 0 Å². The van der Waals surface area contributed by atoms with E-state index in [0.29, 0.717) is 34.4 Å². The third kappa shape index (κ3) is 10.2. The van der Waals surface area contributed by atoms with E-state index in [1.807, 2.05) is 12.1 Å². The molecule has 2 aromatic rings. The van der Waals surface area contributed by atoms with Gasteiger partial charge in [-0.05, 0) is 36.2 Å². The quantitative estimate of drug-likeness (QED) is 0.0780. The molecule has 1 amide bonds. The Labute approximate surface area is 277 Å². The van der Waals surface area contributed by atoms with E-state index in [1.54, 1.807) is 24.3 Å². The lowest BCUT2D eigenvalue weighted by atomic mass is 9.93. The molecule has 0 fully saturated rings. The molecule has 2 aromatic carbocycles. The van der Waals surface area contributed by atoms with Crippen molar-refractivity contribution in [3.8, 4) is 28.2 Å². The lowest BCUT2D eigenvalue weighted by Gasteiger charge is -2.16. The monoisotopic (exact) mass is 651 g/mol. The molecule has 2 N–H and O–H groups in total. The number of hydrogen-bond acceptors (Lipinski definition) is 4. The number of nitrogens with one attached hydrogen (secondary N) is 1. The number of carbonyl (C=O) groups excluding carboxylic acids is 1. The minimum atomic E-state index is -0.354. The van der Waals surface area contributed by atoms with Crippen molar-refractivity contribution in [1.82, 2.24) is 5.32 Å². The first kappa shape index (κ1) is 34.8. The van der Waals surface area contributed by atoms with Crippen molar-refractivity contribution in [2.75, 3.05) is 6.54 Å². The number of unbranched alkanes of at least 4 members (excludes halogenated alkanes) is 15. The van der Waals surface area contributed by atoms with Gasteiger partial charge in [0.25, 0.3) is 5.91 Å². The second kappa shape index (κ2) is 18.2. The number of aromatic hydroxyl groups is 1. The highest BCUT2D eigenvalue weighted by Crippen LogP contribution is 2.43. The number of phenols is 1. The van der Waals surface area contributed by atoms with Gasteiger partial charge in [0.1, 0.15) is 17.1 Å². The van der Waals surface area contributed by atoms with Crippen LogP contribution >= 0.6 is 23.2 Å². The van der Waals surface area contributed by atoms with Gasteiger partial charge in [-0.25, -0.2) is 0 Å². The van der Waals surface area contributed by atoms with Crippen molar-refractivity contribution in [2.45, 2.75) is 110 Å². The maximum atomic E-state index is 12.8. The van der Waals surface area contributed by atoms with E-state index in [4.69, 9.17) is 27.6 Å². The van der Waals surface area contributed by atoms with Crippen LogP contribution in [0.5, 0.6) is 5.75 Å². The fourth-order valence-corrected chi connectivity index (χ4v) is 6.30. The molecule has 1 heterocycles. The van der Waals surface area contributed by atoms with Gasteiger partial charge in [-0.2, -0.15) is 0 Å². The molecule has 4 rings (SSSR count). The second-order valence-electron chi connectivity index (χ2n) is 12.2. The normalized spacial score (nSPS) is 11.4. The number of phenolic OH excluding ortho intramolecular Hbond substituents is 1. The summed E-state index contributed by atoms with van der Waals surface area (Å²) in [6, 6.07) is 13.3. The van der Waals surface area contributed by atoms with Crippen molar-refractivity contribution in [3.05, 3.63) is 74.4 Å². The van der Waals surface area contributed by atoms with Gasteiger partial charge in [-0.1, -0.05) is 139 Å². The molecule has 45 heavy (non-hydrogen) atoms. The molecule has 242 valence electrons. The molecule has 5 nitrogen and oxygen atoms in total. The second-order valence-corrected chi connectivity index (χ2v) is 13.0. The van der Waals surface area contributed by atoms with Gasteiger partial charge in [0, 0.05) is 40.8 Å². The molecular formula is C38H47Cl2NO4. The van der Waals surface area contributed by atoms with E-state index in [1.165, 1.54) is 102 Å². The summed E-state index contributed by atoms with van der Waals surface area (Å²) < 4.78 is 5.93. The summed E-state index contributed by atoms with van der Waals surface area (Å²) in [4.78, 5) is 25.0. The Bertz CT molecular complexity index is 1550. The molecule has 0 aromatic heterocycles. The summed E-state index contributed by atoms with van der Waals surface area (Å²) in [5.41, 5.74) is 2.77. The summed E-state index contributed by atoms with van der Waals surface area (Å²) in [5, 5.41) is 14.1. The van der Waals surface area contributed by atoms with Crippen LogP contribution in [0, 0.1) is 0 Å². The summed E-state index contributed by atoms with van der Waals surface area (Å²) in [7, 11) is 0. The van der Waals surface area contributed by atoms with Gasteiger partial charge in [0.05, 0.1) is 10.0 Å². The van der Waals surface area contributed by atoms with Crippen LogP contribution in [-0.4, -0.2) is 17.6 Å². The first-order chi connectivity index (χ1) is 21.9. The van der Waals surface area contributed by atoms with E-state index >= 15 is 0 Å². The van der Waals surface area contributed by atoms with Crippen LogP contribution in [0.15, 0.2) is 57.7 Å². The van der Waals surface area contributed by atoms with Gasteiger partial charge < -0.3 is 14.8 Å². The van der Waals surface area contributed by atoms with Gasteiger partial charge in [-0.3, -0.25) is 9.59 Å². The van der Waals surface area contributed by atoms with Crippen molar-refractivity contribution in [2.24, 2.45) is 0 Å². The Kier molecular flexibility index (Phi) is 14.1. The van der Waals surface area contributed by atoms with Gasteiger partial charge in [0.2, 0.25) is 5.43 Å². The molecule has 0 atom stereocenters. The lowest BCUT2D eigenvalue weighted by molar-refractivity contribution is 0.0953. The minimum absolute atomic E-state index is 0.0771. The molecule has 0 bridgehead atoms. The van der Waals surface area contributed by atoms with E-state index < -0.39 is 0 Å². The molecule has 1 aliphatic heterocycles. The predicted octanol–water partition coefficient (Wildman–Crippen LogP) is 11.6. The zero-order valence-electron chi connectivity index (χ0n) is 26.6. The van der Waals surface area contributed by atoms with Crippen molar-refractivity contribution in [1.29, 1.82) is 0 Å². The number of rotatable bonds is 19. The summed E-state index contributed by atoms with van der Waals surface area (Å²) in [5.74, 6) is 0.118. The van der Waals surface area contributed by atoms with E-state index in [9.17, 15) is 14.7 Å². The van der Waals surface area contributed by atoms with Crippen molar-refractivity contribution < 1.29 is 14.3 Å². The molecule has 2 aliphatic rings. The third-order valence-corrected chi connectivity index (χ3v) is 9.19. The van der Waals surface area contributed by atoms with Gasteiger partial charge in [0.15, 0.2) is 0 Å². The average molecular weight is 653 g/mol. The number of fused-ring (bicyclic) bond motifs is 2. The van der Waals surface area contributed by atoms with Crippen LogP contribution in [0.4, 0.5) is 0 Å². The molecule has 1 aliphatic carbocycles. The Morgan fingerprint density at radius 2 is 1.29 bits per heavy atom. The van der Waals surface area contributed by atoms with Crippen LogP contribution in [-0.2, 0) is 0 Å². The molecule has 7 heteroatoms. The van der Waals surface area contributed by atoms with E-state index in [0.717, 1.165) is 24.0 Å². The Balaban J connectivity index is 1.19. The van der Waals surface area contributed by atoms with Crippen LogP contribution in [0.3, 0.4) is 0 Å². The maximum absolute atomic E-state index is 12.8. The fraction of sp³-hybridized carbons (Fsp3) is 0.474. The molecule has 0 saturated heterocycles. The third-order valence-electron chi connectivity index (χ3n) is 8.59. The lowest BCUT2D eigenvalue weighted by Crippen LogP contribution is -2.24. The highest BCUT2D eigenvalue weighted by atomic mass is 35.5. The molecular weight excluding hydrogens is 605 g/mol.